The zero-order valence-corrected chi connectivity index (χ0v) is 14.0. The molecule has 122 valence electrons. The molecule has 0 heterocycles. The van der Waals surface area contributed by atoms with Crippen molar-refractivity contribution in [3.05, 3.63) is 64.7 Å². The van der Waals surface area contributed by atoms with Gasteiger partial charge in [-0.3, -0.25) is 4.99 Å². The van der Waals surface area contributed by atoms with Gasteiger partial charge in [0.15, 0.2) is 5.96 Å². The van der Waals surface area contributed by atoms with Crippen molar-refractivity contribution in [3.63, 3.8) is 0 Å². The molecule has 0 amide bonds. The number of ether oxygens (including phenoxy) is 1. The van der Waals surface area contributed by atoms with Crippen LogP contribution in [0.5, 0.6) is 5.75 Å². The Labute approximate surface area is 142 Å². The summed E-state index contributed by atoms with van der Waals surface area (Å²) in [6.07, 6.45) is 1.70. The Morgan fingerprint density at radius 1 is 1.13 bits per heavy atom. The third kappa shape index (κ3) is 6.20. The number of guanidine groups is 1. The minimum Gasteiger partial charge on any atom is -0.497 e. The monoisotopic (exact) mass is 331 g/mol. The van der Waals surface area contributed by atoms with Crippen LogP contribution in [0.25, 0.3) is 0 Å². The van der Waals surface area contributed by atoms with E-state index in [1.54, 1.807) is 7.11 Å². The number of hydrogen-bond acceptors (Lipinski definition) is 2. The highest BCUT2D eigenvalue weighted by molar-refractivity contribution is 6.30. The maximum Gasteiger partial charge on any atom is 0.188 e. The quantitative estimate of drug-likeness (QED) is 0.605. The summed E-state index contributed by atoms with van der Waals surface area (Å²) in [4.78, 5) is 4.34. The smallest absolute Gasteiger partial charge is 0.188 e. The average molecular weight is 332 g/mol. The molecule has 2 rings (SSSR count). The lowest BCUT2D eigenvalue weighted by Gasteiger charge is -2.06. The molecular weight excluding hydrogens is 310 g/mol. The van der Waals surface area contributed by atoms with Crippen LogP contribution in [0.2, 0.25) is 5.02 Å². The minimum absolute atomic E-state index is 0.473. The molecule has 0 aliphatic carbocycles. The molecule has 2 aromatic rings. The van der Waals surface area contributed by atoms with E-state index >= 15 is 0 Å². The van der Waals surface area contributed by atoms with Crippen molar-refractivity contribution >= 4 is 17.6 Å². The summed E-state index contributed by atoms with van der Waals surface area (Å²) in [7, 11) is 1.66. The first kappa shape index (κ1) is 17.2. The van der Waals surface area contributed by atoms with Crippen LogP contribution in [0.4, 0.5) is 0 Å². The van der Waals surface area contributed by atoms with Crippen molar-refractivity contribution in [1.82, 2.24) is 5.32 Å². The van der Waals surface area contributed by atoms with Gasteiger partial charge in [0.2, 0.25) is 0 Å². The minimum atomic E-state index is 0.473. The lowest BCUT2D eigenvalue weighted by molar-refractivity contribution is 0.414. The molecule has 0 fully saturated rings. The van der Waals surface area contributed by atoms with Gasteiger partial charge >= 0.3 is 0 Å². The highest BCUT2D eigenvalue weighted by atomic mass is 35.5. The lowest BCUT2D eigenvalue weighted by atomic mass is 10.1. The normalized spacial score (nSPS) is 11.3. The molecule has 0 atom stereocenters. The third-order valence-corrected chi connectivity index (χ3v) is 3.69. The van der Waals surface area contributed by atoms with E-state index in [2.05, 4.69) is 10.3 Å². The van der Waals surface area contributed by atoms with Gasteiger partial charge in [0.05, 0.1) is 7.11 Å². The van der Waals surface area contributed by atoms with Gasteiger partial charge in [0.25, 0.3) is 0 Å². The summed E-state index contributed by atoms with van der Waals surface area (Å²) in [6, 6.07) is 15.8. The summed E-state index contributed by atoms with van der Waals surface area (Å²) in [5.74, 6) is 1.33. The Hall–Kier alpha value is -2.20. The number of nitrogens with two attached hydrogens (primary N) is 1. The fraction of sp³-hybridized carbons (Fsp3) is 0.278. The predicted molar refractivity (Wildman–Crippen MR) is 96.3 cm³/mol. The van der Waals surface area contributed by atoms with Gasteiger partial charge in [-0.05, 0) is 48.2 Å². The van der Waals surface area contributed by atoms with Crippen LogP contribution in [0.3, 0.4) is 0 Å². The topological polar surface area (TPSA) is 59.6 Å². The van der Waals surface area contributed by atoms with Crippen LogP contribution in [-0.2, 0) is 12.8 Å². The van der Waals surface area contributed by atoms with Crippen molar-refractivity contribution in [2.45, 2.75) is 12.8 Å². The van der Waals surface area contributed by atoms with Gasteiger partial charge in [-0.1, -0.05) is 35.9 Å². The van der Waals surface area contributed by atoms with Crippen molar-refractivity contribution < 1.29 is 4.74 Å². The molecule has 0 saturated carbocycles. The maximum absolute atomic E-state index is 5.96. The average Bonchev–Trinajstić information content (AvgIpc) is 2.55. The molecule has 3 N–H and O–H groups in total. The van der Waals surface area contributed by atoms with Crippen molar-refractivity contribution in [2.24, 2.45) is 10.7 Å². The Kier molecular flexibility index (Phi) is 6.76. The molecule has 4 nitrogen and oxygen atoms in total. The van der Waals surface area contributed by atoms with E-state index in [9.17, 15) is 0 Å². The summed E-state index contributed by atoms with van der Waals surface area (Å²) >= 11 is 5.96. The summed E-state index contributed by atoms with van der Waals surface area (Å²) in [5, 5.41) is 3.87. The number of nitrogens with zero attached hydrogens (tertiary/aromatic N) is 1. The molecule has 5 heteroatoms. The zero-order chi connectivity index (χ0) is 16.5. The van der Waals surface area contributed by atoms with E-state index in [1.807, 2.05) is 48.5 Å². The molecule has 0 aliphatic heterocycles. The van der Waals surface area contributed by atoms with E-state index in [4.69, 9.17) is 22.1 Å². The molecule has 0 unspecified atom stereocenters. The maximum atomic E-state index is 5.96. The van der Waals surface area contributed by atoms with Crippen LogP contribution in [-0.4, -0.2) is 26.2 Å². The highest BCUT2D eigenvalue weighted by Gasteiger charge is 1.97. The number of aliphatic imine (C=N–C) groups is 1. The Bertz CT molecular complexity index is 641. The van der Waals surface area contributed by atoms with E-state index in [1.165, 1.54) is 11.1 Å². The second-order valence-electron chi connectivity index (χ2n) is 5.17. The van der Waals surface area contributed by atoms with E-state index in [-0.39, 0.29) is 0 Å². The molecule has 0 aliphatic rings. The third-order valence-electron chi connectivity index (χ3n) is 3.45. The fourth-order valence-electron chi connectivity index (χ4n) is 2.18. The molecule has 2 aromatic carbocycles. The predicted octanol–water partition coefficient (Wildman–Crippen LogP) is 3.04. The first-order valence-electron chi connectivity index (χ1n) is 7.58. The molecule has 0 saturated heterocycles. The molecular formula is C18H22ClN3O. The van der Waals surface area contributed by atoms with Gasteiger partial charge in [-0.25, -0.2) is 0 Å². The second kappa shape index (κ2) is 9.06. The summed E-state index contributed by atoms with van der Waals surface area (Å²) < 4.78 is 5.13. The van der Waals surface area contributed by atoms with Gasteiger partial charge in [0.1, 0.15) is 5.75 Å². The molecule has 23 heavy (non-hydrogen) atoms. The number of halogens is 1. The van der Waals surface area contributed by atoms with Gasteiger partial charge in [0, 0.05) is 18.1 Å². The highest BCUT2D eigenvalue weighted by Crippen LogP contribution is 2.12. The van der Waals surface area contributed by atoms with Crippen molar-refractivity contribution in [1.29, 1.82) is 0 Å². The van der Waals surface area contributed by atoms with E-state index in [0.29, 0.717) is 12.5 Å². The fourth-order valence-corrected chi connectivity index (χ4v) is 2.39. The van der Waals surface area contributed by atoms with Crippen LogP contribution >= 0.6 is 11.6 Å². The standard InChI is InChI=1S/C18H22ClN3O/c1-23-17-7-5-14(6-8-17)9-11-21-18(20)22-12-10-15-3-2-4-16(19)13-15/h2-8,13H,9-12H2,1H3,(H3,20,21,22). The number of methoxy groups -OCH3 is 1. The van der Waals surface area contributed by atoms with Crippen LogP contribution < -0.4 is 15.8 Å². The first-order chi connectivity index (χ1) is 11.2. The lowest BCUT2D eigenvalue weighted by Crippen LogP contribution is -2.33. The molecule has 0 aromatic heterocycles. The molecule has 0 radical (unpaired) electrons. The summed E-state index contributed by atoms with van der Waals surface area (Å²) in [5.41, 5.74) is 8.26. The van der Waals surface area contributed by atoms with E-state index in [0.717, 1.165) is 30.2 Å². The van der Waals surface area contributed by atoms with Crippen LogP contribution in [0, 0.1) is 0 Å². The zero-order valence-electron chi connectivity index (χ0n) is 13.3. The molecule has 0 spiro atoms. The number of benzene rings is 2. The molecule has 0 bridgehead atoms. The van der Waals surface area contributed by atoms with Crippen molar-refractivity contribution in [2.75, 3.05) is 20.2 Å². The Morgan fingerprint density at radius 2 is 1.91 bits per heavy atom. The van der Waals surface area contributed by atoms with Crippen LogP contribution in [0.15, 0.2) is 53.5 Å². The summed E-state index contributed by atoms with van der Waals surface area (Å²) in [6.45, 7) is 1.39. The Morgan fingerprint density at radius 3 is 2.61 bits per heavy atom. The SMILES string of the molecule is COc1ccc(CCN=C(N)NCCc2cccc(Cl)c2)cc1. The van der Waals surface area contributed by atoms with Crippen LogP contribution in [0.1, 0.15) is 11.1 Å². The van der Waals surface area contributed by atoms with Gasteiger partial charge < -0.3 is 15.8 Å². The van der Waals surface area contributed by atoms with Crippen molar-refractivity contribution in [3.8, 4) is 5.75 Å². The largest absolute Gasteiger partial charge is 0.497 e. The van der Waals surface area contributed by atoms with Gasteiger partial charge in [-0.2, -0.15) is 0 Å². The number of rotatable bonds is 7. The Balaban J connectivity index is 1.70. The number of nitrogens with one attached hydrogen (secondary N) is 1. The number of hydrogen-bond donors (Lipinski definition) is 2. The van der Waals surface area contributed by atoms with Gasteiger partial charge in [-0.15, -0.1) is 0 Å². The first-order valence-corrected chi connectivity index (χ1v) is 7.96. The second-order valence-corrected chi connectivity index (χ2v) is 5.61. The van der Waals surface area contributed by atoms with E-state index < -0.39 is 0 Å².